The molecule has 3 rings (SSSR count). The minimum atomic E-state index is 0. The molecule has 1 fully saturated rings. The van der Waals surface area contributed by atoms with E-state index in [0.717, 1.165) is 49.1 Å². The second-order valence-electron chi connectivity index (χ2n) is 7.71. The van der Waals surface area contributed by atoms with Crippen molar-refractivity contribution < 1.29 is 0 Å². The van der Waals surface area contributed by atoms with E-state index in [1.54, 1.807) is 0 Å². The van der Waals surface area contributed by atoms with E-state index in [1.165, 1.54) is 38.0 Å². The van der Waals surface area contributed by atoms with Gasteiger partial charge in [-0.3, -0.25) is 4.99 Å². The monoisotopic (exact) mass is 498 g/mol. The van der Waals surface area contributed by atoms with E-state index in [4.69, 9.17) is 4.98 Å². The first-order valence-corrected chi connectivity index (χ1v) is 10.3. The molecule has 0 atom stereocenters. The summed E-state index contributed by atoms with van der Waals surface area (Å²) in [6.45, 7) is 9.94. The van der Waals surface area contributed by atoms with Crippen LogP contribution in [-0.2, 0) is 6.42 Å². The molecule has 2 aromatic heterocycles. The van der Waals surface area contributed by atoms with E-state index in [-0.39, 0.29) is 24.0 Å². The first-order valence-electron chi connectivity index (χ1n) is 10.3. The summed E-state index contributed by atoms with van der Waals surface area (Å²) >= 11 is 0. The highest BCUT2D eigenvalue weighted by Crippen LogP contribution is 2.15. The summed E-state index contributed by atoms with van der Waals surface area (Å²) in [7, 11) is 1.83. The van der Waals surface area contributed by atoms with Crippen LogP contribution in [0.4, 0.5) is 0 Å². The van der Waals surface area contributed by atoms with Crippen LogP contribution in [0.15, 0.2) is 29.5 Å². The molecule has 1 aliphatic rings. The molecule has 2 N–H and O–H groups in total. The molecule has 2 aromatic rings. The number of fused-ring (bicyclic) bond motifs is 1. The van der Waals surface area contributed by atoms with E-state index in [2.05, 4.69) is 63.3 Å². The molecule has 0 aromatic carbocycles. The lowest BCUT2D eigenvalue weighted by molar-refractivity contribution is 0.191. The normalized spacial score (nSPS) is 16.2. The summed E-state index contributed by atoms with van der Waals surface area (Å²) in [5, 5.41) is 6.82. The molecule has 156 valence electrons. The van der Waals surface area contributed by atoms with Crippen LogP contribution in [0.1, 0.15) is 37.4 Å². The average molecular weight is 498 g/mol. The summed E-state index contributed by atoms with van der Waals surface area (Å²) in [5.74, 6) is 1.78. The molecule has 0 bridgehead atoms. The van der Waals surface area contributed by atoms with E-state index in [0.29, 0.717) is 0 Å². The molecule has 0 saturated carbocycles. The number of pyridine rings is 1. The van der Waals surface area contributed by atoms with Crippen LogP contribution in [0.2, 0.25) is 0 Å². The maximum absolute atomic E-state index is 4.72. The van der Waals surface area contributed by atoms with Crippen LogP contribution in [-0.4, -0.2) is 60.0 Å². The van der Waals surface area contributed by atoms with Gasteiger partial charge >= 0.3 is 0 Å². The number of guanidine groups is 1. The fraction of sp³-hybridized carbons (Fsp3) is 0.619. The number of aliphatic imine (C=N–C) groups is 1. The zero-order chi connectivity index (χ0) is 19.1. The molecule has 6 nitrogen and oxygen atoms in total. The third-order valence-corrected chi connectivity index (χ3v) is 5.44. The van der Waals surface area contributed by atoms with Gasteiger partial charge in [0.05, 0.1) is 5.69 Å². The van der Waals surface area contributed by atoms with Gasteiger partial charge < -0.3 is 19.9 Å². The van der Waals surface area contributed by atoms with Gasteiger partial charge in [0, 0.05) is 39.0 Å². The van der Waals surface area contributed by atoms with Gasteiger partial charge in [-0.25, -0.2) is 4.98 Å². The highest BCUT2D eigenvalue weighted by atomic mass is 127. The SMILES string of the molecule is CN=C(NCCCN1CCC(C)CC1)NCCc1cn2cccc(C)c2n1.I. The number of hydrogen-bond acceptors (Lipinski definition) is 3. The van der Waals surface area contributed by atoms with Crippen LogP contribution in [0, 0.1) is 12.8 Å². The number of halogens is 1. The Labute approximate surface area is 186 Å². The number of rotatable bonds is 7. The van der Waals surface area contributed by atoms with Crippen molar-refractivity contribution in [1.82, 2.24) is 24.9 Å². The lowest BCUT2D eigenvalue weighted by Crippen LogP contribution is -2.40. The highest BCUT2D eigenvalue weighted by Gasteiger charge is 2.14. The Morgan fingerprint density at radius 2 is 2.00 bits per heavy atom. The Bertz CT molecular complexity index is 748. The summed E-state index contributed by atoms with van der Waals surface area (Å²) < 4.78 is 2.10. The first kappa shape index (κ1) is 22.9. The van der Waals surface area contributed by atoms with E-state index < -0.39 is 0 Å². The number of aromatic nitrogens is 2. The Kier molecular flexibility index (Phi) is 9.50. The van der Waals surface area contributed by atoms with Crippen molar-refractivity contribution in [1.29, 1.82) is 0 Å². The van der Waals surface area contributed by atoms with Crippen molar-refractivity contribution in [3.8, 4) is 0 Å². The van der Waals surface area contributed by atoms with Gasteiger partial charge in [-0.2, -0.15) is 0 Å². The van der Waals surface area contributed by atoms with Gasteiger partial charge in [-0.05, 0) is 63.4 Å². The molecule has 7 heteroatoms. The van der Waals surface area contributed by atoms with Crippen molar-refractivity contribution in [2.75, 3.05) is 39.8 Å². The van der Waals surface area contributed by atoms with Crippen LogP contribution >= 0.6 is 24.0 Å². The first-order chi connectivity index (χ1) is 13.2. The number of nitrogens with one attached hydrogen (secondary N) is 2. The molecular weight excluding hydrogens is 463 g/mol. The number of likely N-dealkylation sites (tertiary alicyclic amines) is 1. The Balaban J connectivity index is 0.00000280. The summed E-state index contributed by atoms with van der Waals surface area (Å²) in [6.07, 6.45) is 8.89. The molecule has 3 heterocycles. The van der Waals surface area contributed by atoms with Gasteiger partial charge in [0.2, 0.25) is 0 Å². The number of aryl methyl sites for hydroxylation is 1. The minimum absolute atomic E-state index is 0. The molecule has 1 saturated heterocycles. The Morgan fingerprint density at radius 1 is 1.25 bits per heavy atom. The van der Waals surface area contributed by atoms with Crippen molar-refractivity contribution in [3.63, 3.8) is 0 Å². The molecule has 1 aliphatic heterocycles. The van der Waals surface area contributed by atoms with E-state index >= 15 is 0 Å². The van der Waals surface area contributed by atoms with Gasteiger partial charge in [-0.1, -0.05) is 13.0 Å². The van der Waals surface area contributed by atoms with Crippen LogP contribution in [0.3, 0.4) is 0 Å². The minimum Gasteiger partial charge on any atom is -0.356 e. The van der Waals surface area contributed by atoms with Crippen molar-refractivity contribution >= 4 is 35.6 Å². The van der Waals surface area contributed by atoms with Gasteiger partial charge in [0.15, 0.2) is 5.96 Å². The molecule has 28 heavy (non-hydrogen) atoms. The maximum Gasteiger partial charge on any atom is 0.190 e. The molecule has 0 unspecified atom stereocenters. The number of piperidine rings is 1. The topological polar surface area (TPSA) is 57.0 Å². The predicted molar refractivity (Wildman–Crippen MR) is 128 cm³/mol. The lowest BCUT2D eigenvalue weighted by atomic mass is 9.99. The third kappa shape index (κ3) is 6.62. The number of hydrogen-bond donors (Lipinski definition) is 2. The van der Waals surface area contributed by atoms with Gasteiger partial charge in [-0.15, -0.1) is 24.0 Å². The van der Waals surface area contributed by atoms with Crippen molar-refractivity contribution in [3.05, 3.63) is 35.8 Å². The zero-order valence-electron chi connectivity index (χ0n) is 17.4. The van der Waals surface area contributed by atoms with Gasteiger partial charge in [0.25, 0.3) is 0 Å². The number of nitrogens with zero attached hydrogens (tertiary/aromatic N) is 4. The Morgan fingerprint density at radius 3 is 2.71 bits per heavy atom. The predicted octanol–water partition coefficient (Wildman–Crippen LogP) is 3.09. The quantitative estimate of drug-likeness (QED) is 0.267. The Hall–Kier alpha value is -1.35. The van der Waals surface area contributed by atoms with Gasteiger partial charge in [0.1, 0.15) is 5.65 Å². The largest absolute Gasteiger partial charge is 0.356 e. The third-order valence-electron chi connectivity index (χ3n) is 5.44. The molecule has 0 aliphatic carbocycles. The summed E-state index contributed by atoms with van der Waals surface area (Å²) in [5.41, 5.74) is 3.35. The number of imidazole rings is 1. The molecule has 0 spiro atoms. The highest BCUT2D eigenvalue weighted by molar-refractivity contribution is 14.0. The maximum atomic E-state index is 4.72. The summed E-state index contributed by atoms with van der Waals surface area (Å²) in [4.78, 5) is 11.6. The smallest absolute Gasteiger partial charge is 0.190 e. The fourth-order valence-electron chi connectivity index (χ4n) is 3.65. The summed E-state index contributed by atoms with van der Waals surface area (Å²) in [6, 6.07) is 4.16. The van der Waals surface area contributed by atoms with Crippen LogP contribution < -0.4 is 10.6 Å². The van der Waals surface area contributed by atoms with Crippen LogP contribution in [0.25, 0.3) is 5.65 Å². The standard InChI is InChI=1S/C21H34N6.HI/c1-17-8-14-26(15-9-17)12-5-10-23-21(22-3)24-11-7-19-16-27-13-4-6-18(2)20(27)25-19;/h4,6,13,16-17H,5,7-12,14-15H2,1-3H3,(H2,22,23,24);1H. The van der Waals surface area contributed by atoms with E-state index in [1.807, 2.05) is 7.05 Å². The zero-order valence-corrected chi connectivity index (χ0v) is 19.8. The molecule has 0 amide bonds. The molecular formula is C21H35IN6. The van der Waals surface area contributed by atoms with E-state index in [9.17, 15) is 0 Å². The second-order valence-corrected chi connectivity index (χ2v) is 7.71. The molecule has 0 radical (unpaired) electrons. The van der Waals surface area contributed by atoms with Crippen LogP contribution in [0.5, 0.6) is 0 Å². The second kappa shape index (κ2) is 11.6. The van der Waals surface area contributed by atoms with Crippen molar-refractivity contribution in [2.24, 2.45) is 10.9 Å². The lowest BCUT2D eigenvalue weighted by Gasteiger charge is -2.30. The fourth-order valence-corrected chi connectivity index (χ4v) is 3.65. The van der Waals surface area contributed by atoms with Crippen molar-refractivity contribution in [2.45, 2.75) is 39.5 Å². The average Bonchev–Trinajstić information content (AvgIpc) is 3.09.